The van der Waals surface area contributed by atoms with Crippen LogP contribution in [0.4, 0.5) is 23.7 Å². The van der Waals surface area contributed by atoms with E-state index in [-0.39, 0.29) is 29.6 Å². The number of nitrogens with one attached hydrogen (secondary N) is 1. The summed E-state index contributed by atoms with van der Waals surface area (Å²) in [6.07, 6.45) is 1.41. The number of hydrogen-bond donors (Lipinski definition) is 1. The Labute approximate surface area is 248 Å². The highest BCUT2D eigenvalue weighted by Crippen LogP contribution is 2.26. The van der Waals surface area contributed by atoms with Crippen LogP contribution in [0, 0.1) is 5.82 Å². The van der Waals surface area contributed by atoms with Gasteiger partial charge >= 0.3 is 12.5 Å². The van der Waals surface area contributed by atoms with Gasteiger partial charge in [0.2, 0.25) is 5.89 Å². The smallest absolute Gasteiger partial charge is 0.322 e. The van der Waals surface area contributed by atoms with E-state index in [1.807, 2.05) is 24.3 Å². The van der Waals surface area contributed by atoms with E-state index < -0.39 is 18.1 Å². The van der Waals surface area contributed by atoms with Crippen molar-refractivity contribution in [3.05, 3.63) is 108 Å². The van der Waals surface area contributed by atoms with Gasteiger partial charge in [0, 0.05) is 62.6 Å². The topological polar surface area (TPSA) is 77.7 Å². The zero-order valence-electron chi connectivity index (χ0n) is 23.6. The molecule has 1 N–H and O–H groups in total. The Bertz CT molecular complexity index is 1490. The molecule has 0 atom stereocenters. The van der Waals surface area contributed by atoms with Gasteiger partial charge in [-0.3, -0.25) is 14.7 Å². The van der Waals surface area contributed by atoms with E-state index >= 15 is 4.39 Å². The first-order chi connectivity index (χ1) is 21.0. The zero-order chi connectivity index (χ0) is 30.0. The third-order valence-corrected chi connectivity index (χ3v) is 7.21. The normalized spacial score (nSPS) is 14.4. The second kappa shape index (κ2) is 14.6. The molecular formula is C32H33F3N6O2. The van der Waals surface area contributed by atoms with Crippen LogP contribution in [0.3, 0.4) is 0 Å². The van der Waals surface area contributed by atoms with Crippen molar-refractivity contribution in [2.75, 3.05) is 50.7 Å². The third-order valence-electron chi connectivity index (χ3n) is 7.21. The molecular weight excluding hydrogens is 557 g/mol. The number of halogens is 3. The Morgan fingerprint density at radius 2 is 1.65 bits per heavy atom. The highest BCUT2D eigenvalue weighted by molar-refractivity contribution is 5.91. The van der Waals surface area contributed by atoms with Gasteiger partial charge < -0.3 is 9.73 Å². The first-order valence-electron chi connectivity index (χ1n) is 14.1. The van der Waals surface area contributed by atoms with Crippen molar-refractivity contribution in [1.29, 1.82) is 0 Å². The third kappa shape index (κ3) is 8.30. The number of carbonyl (C=O) groups is 1. The lowest BCUT2D eigenvalue weighted by Gasteiger charge is -2.34. The van der Waals surface area contributed by atoms with Crippen LogP contribution in [0.25, 0.3) is 17.5 Å². The molecule has 43 heavy (non-hydrogen) atoms. The lowest BCUT2D eigenvalue weighted by atomic mass is 10.1. The molecule has 1 fully saturated rings. The van der Waals surface area contributed by atoms with Crippen molar-refractivity contribution in [3.63, 3.8) is 0 Å². The fraction of sp³-hybridized carbons (Fsp3) is 0.281. The number of anilines is 1. The summed E-state index contributed by atoms with van der Waals surface area (Å²) in [5.41, 5.74) is 2.21. The van der Waals surface area contributed by atoms with Gasteiger partial charge in [-0.2, -0.15) is 8.78 Å². The number of carbonyl (C=O) groups excluding carboxylic acids is 1. The Hall–Kier alpha value is -4.48. The Balaban J connectivity index is 1.13. The van der Waals surface area contributed by atoms with E-state index in [1.54, 1.807) is 24.3 Å². The molecule has 0 radical (unpaired) electrons. The van der Waals surface area contributed by atoms with Gasteiger partial charge in [0.05, 0.1) is 6.54 Å². The molecule has 0 unspecified atom stereocenters. The molecule has 1 saturated heterocycles. The number of benzene rings is 3. The van der Waals surface area contributed by atoms with E-state index in [0.29, 0.717) is 18.8 Å². The molecule has 1 aliphatic heterocycles. The Kier molecular flexibility index (Phi) is 10.2. The van der Waals surface area contributed by atoms with Crippen LogP contribution in [-0.4, -0.2) is 71.8 Å². The number of hydrogen-bond acceptors (Lipinski definition) is 6. The molecule has 5 rings (SSSR count). The van der Waals surface area contributed by atoms with Crippen molar-refractivity contribution >= 4 is 17.8 Å². The first-order valence-corrected chi connectivity index (χ1v) is 14.1. The second-order valence-electron chi connectivity index (χ2n) is 10.2. The Morgan fingerprint density at radius 1 is 0.953 bits per heavy atom. The molecule has 0 saturated carbocycles. The molecule has 8 nitrogen and oxygen atoms in total. The van der Waals surface area contributed by atoms with Gasteiger partial charge in [0.15, 0.2) is 0 Å². The average Bonchev–Trinajstić information content (AvgIpc) is 3.53. The summed E-state index contributed by atoms with van der Waals surface area (Å²) in [5.74, 6) is -1.66. The van der Waals surface area contributed by atoms with Crippen molar-refractivity contribution in [1.82, 2.24) is 25.3 Å². The van der Waals surface area contributed by atoms with Crippen LogP contribution in [0.5, 0.6) is 0 Å². The molecule has 3 aromatic carbocycles. The first kappa shape index (κ1) is 30.0. The molecule has 11 heteroatoms. The van der Waals surface area contributed by atoms with Crippen LogP contribution >= 0.6 is 0 Å². The summed E-state index contributed by atoms with van der Waals surface area (Å²) in [6, 6.07) is 23.0. The minimum Gasteiger partial charge on any atom is -0.415 e. The van der Waals surface area contributed by atoms with Gasteiger partial charge in [0.25, 0.3) is 5.89 Å². The van der Waals surface area contributed by atoms with Crippen molar-refractivity contribution in [3.8, 4) is 11.5 Å². The number of alkyl halides is 2. The van der Waals surface area contributed by atoms with Gasteiger partial charge in [-0.05, 0) is 29.8 Å². The van der Waals surface area contributed by atoms with E-state index in [4.69, 9.17) is 4.42 Å². The fourth-order valence-electron chi connectivity index (χ4n) is 4.82. The zero-order valence-corrected chi connectivity index (χ0v) is 23.6. The number of piperazine rings is 1. The van der Waals surface area contributed by atoms with Crippen LogP contribution in [0.15, 0.2) is 89.4 Å². The summed E-state index contributed by atoms with van der Waals surface area (Å²) in [5, 5.41) is 9.83. The van der Waals surface area contributed by atoms with Crippen molar-refractivity contribution in [2.45, 2.75) is 13.0 Å². The maximum atomic E-state index is 15.1. The quantitative estimate of drug-likeness (QED) is 0.236. The van der Waals surface area contributed by atoms with Gasteiger partial charge in [-0.25, -0.2) is 9.18 Å². The molecule has 1 aromatic heterocycles. The van der Waals surface area contributed by atoms with Gasteiger partial charge in [-0.15, -0.1) is 10.2 Å². The van der Waals surface area contributed by atoms with E-state index in [2.05, 4.69) is 49.6 Å². The summed E-state index contributed by atoms with van der Waals surface area (Å²) < 4.78 is 45.6. The monoisotopic (exact) mass is 590 g/mol. The van der Waals surface area contributed by atoms with E-state index in [0.717, 1.165) is 38.8 Å². The average molecular weight is 591 g/mol. The number of urea groups is 1. The van der Waals surface area contributed by atoms with Gasteiger partial charge in [-0.1, -0.05) is 66.7 Å². The molecule has 1 aliphatic rings. The lowest BCUT2D eigenvalue weighted by Crippen LogP contribution is -2.49. The molecule has 0 aliphatic carbocycles. The molecule has 4 aromatic rings. The standard InChI is InChI=1S/C32H33F3N6O2/c33-28-22-25(30-37-38-31(43-30)29(34)35)13-14-26(28)23-41(27-11-5-2-6-12-27)32(42)36-15-17-40-20-18-39(19-21-40)16-7-10-24-8-3-1-4-9-24/h1-14,22,29H,15-21,23H2,(H,36,42). The van der Waals surface area contributed by atoms with Crippen LogP contribution < -0.4 is 10.2 Å². The number of para-hydroxylation sites is 1. The van der Waals surface area contributed by atoms with Crippen LogP contribution in [0.2, 0.25) is 0 Å². The summed E-state index contributed by atoms with van der Waals surface area (Å²) in [4.78, 5) is 19.5. The van der Waals surface area contributed by atoms with Crippen molar-refractivity contribution in [2.24, 2.45) is 0 Å². The van der Waals surface area contributed by atoms with E-state index in [9.17, 15) is 13.6 Å². The van der Waals surface area contributed by atoms with Crippen LogP contribution in [0.1, 0.15) is 23.4 Å². The summed E-state index contributed by atoms with van der Waals surface area (Å²) in [6.45, 7) is 5.73. The van der Waals surface area contributed by atoms with Gasteiger partial charge in [0.1, 0.15) is 5.82 Å². The summed E-state index contributed by atoms with van der Waals surface area (Å²) >= 11 is 0. The molecule has 2 amide bonds. The second-order valence-corrected chi connectivity index (χ2v) is 10.2. The number of nitrogens with zero attached hydrogens (tertiary/aromatic N) is 5. The predicted molar refractivity (Wildman–Crippen MR) is 159 cm³/mol. The van der Waals surface area contributed by atoms with Crippen molar-refractivity contribution < 1.29 is 22.4 Å². The minimum atomic E-state index is -2.92. The predicted octanol–water partition coefficient (Wildman–Crippen LogP) is 5.86. The Morgan fingerprint density at radius 3 is 2.33 bits per heavy atom. The molecule has 0 bridgehead atoms. The van der Waals surface area contributed by atoms with E-state index in [1.165, 1.54) is 22.6 Å². The summed E-state index contributed by atoms with van der Waals surface area (Å²) in [7, 11) is 0. The SMILES string of the molecule is O=C(NCCN1CCN(CC=Cc2ccccc2)CC1)N(Cc1ccc(-c2nnc(C(F)F)o2)cc1F)c1ccccc1. The lowest BCUT2D eigenvalue weighted by molar-refractivity contribution is 0.116. The van der Waals surface area contributed by atoms with Crippen LogP contribution in [-0.2, 0) is 6.54 Å². The highest BCUT2D eigenvalue weighted by atomic mass is 19.3. The molecule has 2 heterocycles. The fourth-order valence-corrected chi connectivity index (χ4v) is 4.82. The molecule has 0 spiro atoms. The molecule has 224 valence electrons. The highest BCUT2D eigenvalue weighted by Gasteiger charge is 2.21. The maximum absolute atomic E-state index is 15.1. The minimum absolute atomic E-state index is 0.0384. The largest absolute Gasteiger partial charge is 0.415 e. The number of rotatable bonds is 11. The number of amides is 2. The maximum Gasteiger partial charge on any atom is 0.322 e. The number of aromatic nitrogens is 2.